The van der Waals surface area contributed by atoms with Crippen molar-refractivity contribution in [3.8, 4) is 0 Å². The van der Waals surface area contributed by atoms with Crippen LogP contribution in [0.4, 0.5) is 0 Å². The largest absolute Gasteiger partial charge is 0.351 e. The van der Waals surface area contributed by atoms with Crippen molar-refractivity contribution in [2.45, 2.75) is 181 Å². The Morgan fingerprint density at radius 2 is 0.794 bits per heavy atom. The van der Waals surface area contributed by atoms with Gasteiger partial charge in [-0.25, -0.2) is 0 Å². The summed E-state index contributed by atoms with van der Waals surface area (Å²) < 4.78 is 11.8. The highest BCUT2D eigenvalue weighted by Gasteiger charge is 2.19. The van der Waals surface area contributed by atoms with Gasteiger partial charge >= 0.3 is 7.60 Å². The lowest BCUT2D eigenvalue weighted by Gasteiger charge is -2.10. The molecular formula is C30H61O3P. The van der Waals surface area contributed by atoms with Crippen molar-refractivity contribution in [3.63, 3.8) is 0 Å². The monoisotopic (exact) mass is 500 g/mol. The van der Waals surface area contributed by atoms with Gasteiger partial charge in [-0.3, -0.25) is 4.57 Å². The molecule has 34 heavy (non-hydrogen) atoms. The maximum absolute atomic E-state index is 11.8. The number of unbranched alkanes of at least 4 members (excludes halogenated alkanes) is 23. The van der Waals surface area contributed by atoms with Gasteiger partial charge in [-0.05, 0) is 25.7 Å². The third-order valence-electron chi connectivity index (χ3n) is 7.10. The summed E-state index contributed by atoms with van der Waals surface area (Å²) in [5.74, 6) is 0. The van der Waals surface area contributed by atoms with Crippen LogP contribution in [0.5, 0.6) is 0 Å². The molecule has 3 nitrogen and oxygen atoms in total. The number of hydrogen-bond acceptors (Lipinski definition) is 1. The molecule has 0 aliphatic heterocycles. The molecule has 0 amide bonds. The molecule has 0 aromatic carbocycles. The maximum Gasteiger partial charge on any atom is 0.351 e. The molecule has 0 fully saturated rings. The first kappa shape index (κ1) is 33.9. The molecule has 0 aromatic heterocycles. The molecule has 0 heterocycles. The fraction of sp³-hybridized carbons (Fsp3) is 0.933. The lowest BCUT2D eigenvalue weighted by Crippen LogP contribution is -1.89. The fourth-order valence-corrected chi connectivity index (χ4v) is 5.58. The van der Waals surface area contributed by atoms with Crippen LogP contribution in [0.25, 0.3) is 0 Å². The normalized spacial score (nSPS) is 12.5. The van der Waals surface area contributed by atoms with Crippen LogP contribution in [0.2, 0.25) is 0 Å². The Kier molecular flexibility index (Phi) is 25.9. The zero-order valence-corrected chi connectivity index (χ0v) is 24.1. The van der Waals surface area contributed by atoms with Gasteiger partial charge < -0.3 is 9.79 Å². The minimum absolute atomic E-state index is 0.391. The van der Waals surface area contributed by atoms with Gasteiger partial charge in [0, 0.05) is 5.31 Å². The Bertz CT molecular complexity index is 483. The van der Waals surface area contributed by atoms with E-state index in [9.17, 15) is 14.4 Å². The summed E-state index contributed by atoms with van der Waals surface area (Å²) in [4.78, 5) is 19.4. The van der Waals surface area contributed by atoms with Crippen LogP contribution in [-0.4, -0.2) is 9.79 Å². The minimum Gasteiger partial charge on any atom is -0.321 e. The molecule has 0 spiro atoms. The molecule has 204 valence electrons. The van der Waals surface area contributed by atoms with Crippen LogP contribution in [0.15, 0.2) is 11.4 Å². The average molecular weight is 501 g/mol. The Labute approximate surface area is 214 Å². The predicted molar refractivity (Wildman–Crippen MR) is 152 cm³/mol. The maximum atomic E-state index is 11.8. The van der Waals surface area contributed by atoms with Crippen molar-refractivity contribution in [1.82, 2.24) is 0 Å². The first-order valence-electron chi connectivity index (χ1n) is 15.3. The van der Waals surface area contributed by atoms with Gasteiger partial charge in [-0.15, -0.1) is 0 Å². The molecule has 0 unspecified atom stereocenters. The standard InChI is InChI=1S/C30H61O3P/c1-3-5-7-9-11-13-15-17-19-21-23-25-27-29-30(34(31,32)33)28-26-24-22-20-18-16-14-12-10-8-6-4-2/h29H,3-28H2,1-2H3,(H2,31,32,33). The summed E-state index contributed by atoms with van der Waals surface area (Å²) in [6.07, 6.45) is 34.4. The highest BCUT2D eigenvalue weighted by atomic mass is 31.2. The smallest absolute Gasteiger partial charge is 0.321 e. The van der Waals surface area contributed by atoms with E-state index >= 15 is 0 Å². The molecule has 4 heteroatoms. The molecule has 0 rings (SSSR count). The summed E-state index contributed by atoms with van der Waals surface area (Å²) >= 11 is 0. The third-order valence-corrected chi connectivity index (χ3v) is 8.25. The average Bonchev–Trinajstić information content (AvgIpc) is 2.80. The summed E-state index contributed by atoms with van der Waals surface area (Å²) in [7, 11) is -4.08. The molecule has 0 atom stereocenters. The van der Waals surface area contributed by atoms with Crippen molar-refractivity contribution >= 4 is 7.60 Å². The highest BCUT2D eigenvalue weighted by Crippen LogP contribution is 2.47. The first-order valence-corrected chi connectivity index (χ1v) is 16.9. The molecule has 2 N–H and O–H groups in total. The quantitative estimate of drug-likeness (QED) is 0.0870. The van der Waals surface area contributed by atoms with Gasteiger partial charge in [0.05, 0.1) is 0 Å². The molecular weight excluding hydrogens is 439 g/mol. The molecule has 0 radical (unpaired) electrons. The number of rotatable bonds is 27. The molecule has 0 aromatic rings. The number of hydrogen-bond donors (Lipinski definition) is 2. The first-order chi connectivity index (χ1) is 16.5. The van der Waals surface area contributed by atoms with Gasteiger partial charge in [0.25, 0.3) is 0 Å². The van der Waals surface area contributed by atoms with Crippen LogP contribution in [0, 0.1) is 0 Å². The van der Waals surface area contributed by atoms with E-state index in [0.717, 1.165) is 25.7 Å². The van der Waals surface area contributed by atoms with Crippen LogP contribution in [0.1, 0.15) is 181 Å². The van der Waals surface area contributed by atoms with E-state index in [1.165, 1.54) is 135 Å². The molecule has 0 saturated heterocycles. The molecule has 0 saturated carbocycles. The Hall–Kier alpha value is -0.110. The Morgan fingerprint density at radius 3 is 1.12 bits per heavy atom. The van der Waals surface area contributed by atoms with E-state index in [-0.39, 0.29) is 0 Å². The molecule has 0 aliphatic rings. The summed E-state index contributed by atoms with van der Waals surface area (Å²) in [5, 5.41) is 0.391. The van der Waals surface area contributed by atoms with E-state index in [0.29, 0.717) is 11.7 Å². The van der Waals surface area contributed by atoms with Crippen LogP contribution < -0.4 is 0 Å². The van der Waals surface area contributed by atoms with Gasteiger partial charge in [-0.2, -0.15) is 0 Å². The zero-order chi connectivity index (χ0) is 25.2. The lowest BCUT2D eigenvalue weighted by atomic mass is 10.0. The number of allylic oxidation sites excluding steroid dienone is 2. The van der Waals surface area contributed by atoms with E-state index in [1.807, 2.05) is 6.08 Å². The van der Waals surface area contributed by atoms with Crippen molar-refractivity contribution in [3.05, 3.63) is 11.4 Å². The topological polar surface area (TPSA) is 57.5 Å². The molecule has 0 bridgehead atoms. The van der Waals surface area contributed by atoms with Crippen molar-refractivity contribution < 1.29 is 14.4 Å². The van der Waals surface area contributed by atoms with Gasteiger partial charge in [0.1, 0.15) is 0 Å². The van der Waals surface area contributed by atoms with Crippen molar-refractivity contribution in [2.24, 2.45) is 0 Å². The second kappa shape index (κ2) is 26.0. The van der Waals surface area contributed by atoms with Crippen LogP contribution in [0.3, 0.4) is 0 Å². The minimum atomic E-state index is -4.08. The van der Waals surface area contributed by atoms with E-state index in [1.54, 1.807) is 0 Å². The van der Waals surface area contributed by atoms with Crippen LogP contribution in [-0.2, 0) is 4.57 Å². The predicted octanol–water partition coefficient (Wildman–Crippen LogP) is 11.2. The fourth-order valence-electron chi connectivity index (χ4n) is 4.77. The molecule has 0 aliphatic carbocycles. The summed E-state index contributed by atoms with van der Waals surface area (Å²) in [6, 6.07) is 0. The van der Waals surface area contributed by atoms with E-state index in [2.05, 4.69) is 13.8 Å². The second-order valence-corrected chi connectivity index (χ2v) is 12.2. The lowest BCUT2D eigenvalue weighted by molar-refractivity contribution is 0.379. The second-order valence-electron chi connectivity index (χ2n) is 10.6. The van der Waals surface area contributed by atoms with Gasteiger partial charge in [0.2, 0.25) is 0 Å². The van der Waals surface area contributed by atoms with Gasteiger partial charge in [-0.1, -0.05) is 161 Å². The Morgan fingerprint density at radius 1 is 0.500 bits per heavy atom. The zero-order valence-electron chi connectivity index (χ0n) is 23.2. The summed E-state index contributed by atoms with van der Waals surface area (Å²) in [6.45, 7) is 4.53. The highest BCUT2D eigenvalue weighted by molar-refractivity contribution is 7.56. The van der Waals surface area contributed by atoms with Crippen molar-refractivity contribution in [2.75, 3.05) is 0 Å². The third kappa shape index (κ3) is 25.0. The van der Waals surface area contributed by atoms with Gasteiger partial charge in [0.15, 0.2) is 0 Å². The van der Waals surface area contributed by atoms with E-state index in [4.69, 9.17) is 0 Å². The summed E-state index contributed by atoms with van der Waals surface area (Å²) in [5.41, 5.74) is 0. The van der Waals surface area contributed by atoms with Crippen LogP contribution >= 0.6 is 7.60 Å². The van der Waals surface area contributed by atoms with E-state index < -0.39 is 7.60 Å². The SMILES string of the molecule is CCCCCCCCCCCCCCC=C(CCCCCCCCCCCCCC)P(=O)(O)O. The van der Waals surface area contributed by atoms with Crippen molar-refractivity contribution in [1.29, 1.82) is 0 Å². The Balaban J connectivity index is 3.66.